The molecule has 2 aliphatic carbocycles. The van der Waals surface area contributed by atoms with Gasteiger partial charge in [-0.25, -0.2) is 0 Å². The van der Waals surface area contributed by atoms with E-state index in [1.807, 2.05) is 6.07 Å². The average Bonchev–Trinajstić information content (AvgIpc) is 3.14. The van der Waals surface area contributed by atoms with Gasteiger partial charge in [0.15, 0.2) is 11.5 Å². The molecule has 0 amide bonds. The summed E-state index contributed by atoms with van der Waals surface area (Å²) in [5.41, 5.74) is 1.30. The molecule has 3 unspecified atom stereocenters. The summed E-state index contributed by atoms with van der Waals surface area (Å²) in [4.78, 5) is 0. The Morgan fingerprint density at radius 3 is 2.62 bits per heavy atom. The first kappa shape index (κ1) is 14.7. The molecule has 3 rings (SSSR count). The number of rotatable bonds is 7. The first-order valence-electron chi connectivity index (χ1n) is 8.21. The average molecular weight is 289 g/mol. The maximum atomic E-state index is 5.35. The van der Waals surface area contributed by atoms with Crippen LogP contribution in [0.2, 0.25) is 0 Å². The number of nitrogens with one attached hydrogen (secondary N) is 1. The van der Waals surface area contributed by atoms with Crippen LogP contribution in [-0.4, -0.2) is 27.3 Å². The van der Waals surface area contributed by atoms with E-state index in [0.717, 1.165) is 42.2 Å². The van der Waals surface area contributed by atoms with Crippen LogP contribution in [0.15, 0.2) is 18.2 Å². The number of methoxy groups -OCH3 is 2. The van der Waals surface area contributed by atoms with Crippen molar-refractivity contribution in [3.05, 3.63) is 23.8 Å². The van der Waals surface area contributed by atoms with Crippen LogP contribution in [0.1, 0.15) is 31.2 Å². The third-order valence-corrected chi connectivity index (χ3v) is 5.33. The molecule has 1 aromatic carbocycles. The summed E-state index contributed by atoms with van der Waals surface area (Å²) < 4.78 is 10.6. The molecule has 0 spiro atoms. The van der Waals surface area contributed by atoms with Gasteiger partial charge in [0.05, 0.1) is 14.2 Å². The molecule has 21 heavy (non-hydrogen) atoms. The van der Waals surface area contributed by atoms with E-state index in [1.54, 1.807) is 14.2 Å². The van der Waals surface area contributed by atoms with E-state index in [1.165, 1.54) is 37.8 Å². The minimum absolute atomic E-state index is 0.802. The van der Waals surface area contributed by atoms with Gasteiger partial charge in [0, 0.05) is 0 Å². The SMILES string of the molecule is COc1ccc(CCNCC2CC3CCC2C3)cc1OC. The Bertz CT molecular complexity index is 474. The fourth-order valence-corrected chi connectivity index (χ4v) is 4.18. The zero-order valence-electron chi connectivity index (χ0n) is 13.2. The van der Waals surface area contributed by atoms with E-state index in [4.69, 9.17) is 9.47 Å². The van der Waals surface area contributed by atoms with E-state index < -0.39 is 0 Å². The standard InChI is InChI=1S/C18H27NO2/c1-20-17-6-4-13(11-18(17)21-2)7-8-19-12-16-10-14-3-5-15(16)9-14/h4,6,11,14-16,19H,3,5,7-10,12H2,1-2H3. The van der Waals surface area contributed by atoms with Crippen molar-refractivity contribution in [3.63, 3.8) is 0 Å². The highest BCUT2D eigenvalue weighted by Crippen LogP contribution is 2.47. The molecule has 116 valence electrons. The zero-order chi connectivity index (χ0) is 14.7. The second-order valence-corrected chi connectivity index (χ2v) is 6.58. The lowest BCUT2D eigenvalue weighted by atomic mass is 9.89. The highest BCUT2D eigenvalue weighted by Gasteiger charge is 2.38. The third kappa shape index (κ3) is 3.34. The topological polar surface area (TPSA) is 30.5 Å². The normalized spacial score (nSPS) is 27.0. The van der Waals surface area contributed by atoms with Crippen molar-refractivity contribution in [2.24, 2.45) is 17.8 Å². The second kappa shape index (κ2) is 6.69. The Kier molecular flexibility index (Phi) is 4.69. The summed E-state index contributed by atoms with van der Waals surface area (Å²) in [5.74, 6) is 4.63. The van der Waals surface area contributed by atoms with Crippen molar-refractivity contribution >= 4 is 0 Å². The molecule has 1 aromatic rings. The van der Waals surface area contributed by atoms with Crippen molar-refractivity contribution in [1.29, 1.82) is 0 Å². The van der Waals surface area contributed by atoms with Crippen LogP contribution in [0.4, 0.5) is 0 Å². The lowest BCUT2D eigenvalue weighted by Crippen LogP contribution is -2.28. The Labute approximate surface area is 128 Å². The summed E-state index contributed by atoms with van der Waals surface area (Å²) in [6.45, 7) is 2.25. The van der Waals surface area contributed by atoms with Crippen molar-refractivity contribution in [1.82, 2.24) is 5.32 Å². The van der Waals surface area contributed by atoms with E-state index in [-0.39, 0.29) is 0 Å². The highest BCUT2D eigenvalue weighted by molar-refractivity contribution is 5.42. The molecule has 0 radical (unpaired) electrons. The number of ether oxygens (including phenoxy) is 2. The minimum atomic E-state index is 0.802. The maximum absolute atomic E-state index is 5.35. The van der Waals surface area contributed by atoms with Crippen LogP contribution in [0, 0.1) is 17.8 Å². The van der Waals surface area contributed by atoms with E-state index in [9.17, 15) is 0 Å². The van der Waals surface area contributed by atoms with Crippen LogP contribution in [0.3, 0.4) is 0 Å². The van der Waals surface area contributed by atoms with Crippen LogP contribution in [0.5, 0.6) is 11.5 Å². The summed E-state index contributed by atoms with van der Waals surface area (Å²) in [7, 11) is 3.36. The molecule has 0 heterocycles. The molecule has 2 fully saturated rings. The molecule has 3 heteroatoms. The Hall–Kier alpha value is -1.22. The Balaban J connectivity index is 1.43. The van der Waals surface area contributed by atoms with Crippen molar-refractivity contribution in [3.8, 4) is 11.5 Å². The molecule has 2 bridgehead atoms. The Morgan fingerprint density at radius 2 is 1.95 bits per heavy atom. The molecular weight excluding hydrogens is 262 g/mol. The first-order chi connectivity index (χ1) is 10.3. The Morgan fingerprint density at radius 1 is 1.10 bits per heavy atom. The van der Waals surface area contributed by atoms with Gasteiger partial charge < -0.3 is 14.8 Å². The van der Waals surface area contributed by atoms with Crippen molar-refractivity contribution in [2.45, 2.75) is 32.1 Å². The predicted molar refractivity (Wildman–Crippen MR) is 85.1 cm³/mol. The summed E-state index contributed by atoms with van der Waals surface area (Å²) in [5, 5.41) is 3.65. The molecule has 2 saturated carbocycles. The molecule has 1 N–H and O–H groups in total. The van der Waals surface area contributed by atoms with Gasteiger partial charge in [-0.1, -0.05) is 12.5 Å². The van der Waals surface area contributed by atoms with Gasteiger partial charge >= 0.3 is 0 Å². The minimum Gasteiger partial charge on any atom is -0.493 e. The molecule has 2 aliphatic rings. The fraction of sp³-hybridized carbons (Fsp3) is 0.667. The van der Waals surface area contributed by atoms with Gasteiger partial charge in [-0.3, -0.25) is 0 Å². The van der Waals surface area contributed by atoms with E-state index in [2.05, 4.69) is 17.4 Å². The fourth-order valence-electron chi connectivity index (χ4n) is 4.18. The summed E-state index contributed by atoms with van der Waals surface area (Å²) in [6.07, 6.45) is 6.98. The predicted octanol–water partition coefficient (Wildman–Crippen LogP) is 3.27. The zero-order valence-corrected chi connectivity index (χ0v) is 13.2. The molecule has 0 saturated heterocycles. The maximum Gasteiger partial charge on any atom is 0.160 e. The van der Waals surface area contributed by atoms with Crippen molar-refractivity contribution < 1.29 is 9.47 Å². The van der Waals surface area contributed by atoms with Gasteiger partial charge in [0.1, 0.15) is 0 Å². The van der Waals surface area contributed by atoms with Crippen LogP contribution < -0.4 is 14.8 Å². The highest BCUT2D eigenvalue weighted by atomic mass is 16.5. The van der Waals surface area contributed by atoms with Gasteiger partial charge in [-0.05, 0) is 74.2 Å². The van der Waals surface area contributed by atoms with E-state index >= 15 is 0 Å². The lowest BCUT2D eigenvalue weighted by molar-refractivity contribution is 0.320. The second-order valence-electron chi connectivity index (χ2n) is 6.58. The van der Waals surface area contributed by atoms with Gasteiger partial charge in [0.25, 0.3) is 0 Å². The lowest BCUT2D eigenvalue weighted by Gasteiger charge is -2.21. The number of fused-ring (bicyclic) bond motifs is 2. The number of hydrogen-bond donors (Lipinski definition) is 1. The first-order valence-corrected chi connectivity index (χ1v) is 8.21. The molecule has 3 atom stereocenters. The van der Waals surface area contributed by atoms with Crippen LogP contribution in [-0.2, 0) is 6.42 Å². The van der Waals surface area contributed by atoms with Crippen LogP contribution in [0.25, 0.3) is 0 Å². The van der Waals surface area contributed by atoms with Gasteiger partial charge in [0.2, 0.25) is 0 Å². The smallest absolute Gasteiger partial charge is 0.160 e. The van der Waals surface area contributed by atoms with Crippen molar-refractivity contribution in [2.75, 3.05) is 27.3 Å². The summed E-state index contributed by atoms with van der Waals surface area (Å²) >= 11 is 0. The summed E-state index contributed by atoms with van der Waals surface area (Å²) in [6, 6.07) is 6.20. The third-order valence-electron chi connectivity index (χ3n) is 5.33. The largest absolute Gasteiger partial charge is 0.493 e. The van der Waals surface area contributed by atoms with Gasteiger partial charge in [-0.15, -0.1) is 0 Å². The molecule has 3 nitrogen and oxygen atoms in total. The number of hydrogen-bond acceptors (Lipinski definition) is 3. The molecule has 0 aliphatic heterocycles. The quantitative estimate of drug-likeness (QED) is 0.782. The molecular formula is C18H27NO2. The number of benzene rings is 1. The van der Waals surface area contributed by atoms with Gasteiger partial charge in [-0.2, -0.15) is 0 Å². The van der Waals surface area contributed by atoms with Crippen LogP contribution >= 0.6 is 0 Å². The molecule has 0 aromatic heterocycles. The van der Waals surface area contributed by atoms with E-state index in [0.29, 0.717) is 0 Å². The monoisotopic (exact) mass is 289 g/mol.